The third-order valence-corrected chi connectivity index (χ3v) is 6.25. The molecule has 9 heteroatoms. The first-order valence-electron chi connectivity index (χ1n) is 10.7. The number of carbonyl (C=O) groups excluding carboxylic acids is 1. The van der Waals surface area contributed by atoms with Gasteiger partial charge in [0.25, 0.3) is 11.5 Å². The maximum absolute atomic E-state index is 13.1. The highest BCUT2D eigenvalue weighted by atomic mass is 16.5. The lowest BCUT2D eigenvalue weighted by molar-refractivity contribution is 0.0600. The number of likely N-dealkylation sites (N-methyl/N-ethyl adjacent to an activating group) is 1. The molecule has 9 nitrogen and oxygen atoms in total. The molecule has 1 saturated heterocycles. The molecule has 1 aliphatic rings. The molecule has 1 fully saturated rings. The third kappa shape index (κ3) is 4.88. The van der Waals surface area contributed by atoms with Gasteiger partial charge in [0.05, 0.1) is 14.2 Å². The van der Waals surface area contributed by atoms with E-state index in [-0.39, 0.29) is 17.6 Å². The average molecular weight is 445 g/mol. The molecule has 174 valence electrons. The van der Waals surface area contributed by atoms with Gasteiger partial charge in [-0.05, 0) is 44.0 Å². The fourth-order valence-corrected chi connectivity index (χ4v) is 4.12. The summed E-state index contributed by atoms with van der Waals surface area (Å²) in [6.07, 6.45) is 2.70. The van der Waals surface area contributed by atoms with Crippen LogP contribution in [0.1, 0.15) is 28.9 Å². The summed E-state index contributed by atoms with van der Waals surface area (Å²) in [6.45, 7) is 2.00. The Morgan fingerprint density at radius 1 is 1.09 bits per heavy atom. The number of hydrogen-bond acceptors (Lipinski definition) is 6. The molecule has 0 spiro atoms. The summed E-state index contributed by atoms with van der Waals surface area (Å²) < 4.78 is 12.9. The molecule has 0 radical (unpaired) electrons. The van der Waals surface area contributed by atoms with E-state index in [1.54, 1.807) is 19.1 Å². The number of benzene rings is 1. The average Bonchev–Trinajstić information content (AvgIpc) is 2.82. The van der Waals surface area contributed by atoms with E-state index in [0.29, 0.717) is 24.6 Å². The molecule has 0 saturated carbocycles. The minimum atomic E-state index is -0.499. The number of ether oxygens (including phenoxy) is 2. The van der Waals surface area contributed by atoms with Crippen molar-refractivity contribution in [2.75, 3.05) is 40.9 Å². The number of carbonyl (C=O) groups is 1. The lowest BCUT2D eigenvalue weighted by Crippen LogP contribution is -2.50. The van der Waals surface area contributed by atoms with Crippen LogP contribution in [0, 0.1) is 0 Å². The Balaban J connectivity index is 1.66. The largest absolute Gasteiger partial charge is 0.493 e. The SMILES string of the molecule is COc1ccc(CCN(C)[C@H]2CCCN(C(=O)c3cc(=O)n(C)c(=O)n3C)C2)cc1OC. The first-order chi connectivity index (χ1) is 15.3. The van der Waals surface area contributed by atoms with Crippen molar-refractivity contribution in [3.8, 4) is 11.5 Å². The smallest absolute Gasteiger partial charge is 0.331 e. The highest BCUT2D eigenvalue weighted by Gasteiger charge is 2.28. The zero-order valence-corrected chi connectivity index (χ0v) is 19.5. The second-order valence-electron chi connectivity index (χ2n) is 8.24. The fraction of sp³-hybridized carbons (Fsp3) is 0.522. The summed E-state index contributed by atoms with van der Waals surface area (Å²) in [5, 5.41) is 0. The zero-order chi connectivity index (χ0) is 23.4. The van der Waals surface area contributed by atoms with Crippen LogP contribution in [0.2, 0.25) is 0 Å². The van der Waals surface area contributed by atoms with Gasteiger partial charge < -0.3 is 19.3 Å². The molecule has 1 aromatic carbocycles. The topological polar surface area (TPSA) is 86.0 Å². The molecule has 1 amide bonds. The van der Waals surface area contributed by atoms with Crippen molar-refractivity contribution < 1.29 is 14.3 Å². The minimum Gasteiger partial charge on any atom is -0.493 e. The number of rotatable bonds is 7. The van der Waals surface area contributed by atoms with Gasteiger partial charge in [-0.3, -0.25) is 18.7 Å². The van der Waals surface area contributed by atoms with E-state index >= 15 is 0 Å². The van der Waals surface area contributed by atoms with Gasteiger partial charge in [-0.25, -0.2) is 4.79 Å². The van der Waals surface area contributed by atoms with Crippen molar-refractivity contribution in [2.45, 2.75) is 25.3 Å². The van der Waals surface area contributed by atoms with E-state index in [0.717, 1.165) is 35.9 Å². The Hall–Kier alpha value is -3.07. The Morgan fingerprint density at radius 3 is 2.50 bits per heavy atom. The van der Waals surface area contributed by atoms with Crippen LogP contribution < -0.4 is 20.7 Å². The van der Waals surface area contributed by atoms with E-state index in [4.69, 9.17) is 9.47 Å². The maximum atomic E-state index is 13.1. The normalized spacial score (nSPS) is 16.3. The molecule has 1 aromatic heterocycles. The molecule has 3 rings (SSSR count). The van der Waals surface area contributed by atoms with Gasteiger partial charge >= 0.3 is 5.69 Å². The monoisotopic (exact) mass is 444 g/mol. The predicted molar refractivity (Wildman–Crippen MR) is 122 cm³/mol. The summed E-state index contributed by atoms with van der Waals surface area (Å²) in [5.74, 6) is 1.14. The lowest BCUT2D eigenvalue weighted by atomic mass is 10.0. The number of methoxy groups -OCH3 is 2. The fourth-order valence-electron chi connectivity index (χ4n) is 4.12. The van der Waals surface area contributed by atoms with E-state index in [9.17, 15) is 14.4 Å². The van der Waals surface area contributed by atoms with E-state index in [1.807, 2.05) is 18.2 Å². The minimum absolute atomic E-state index is 0.131. The maximum Gasteiger partial charge on any atom is 0.331 e. The van der Waals surface area contributed by atoms with Gasteiger partial charge in [-0.1, -0.05) is 6.07 Å². The molecular weight excluding hydrogens is 412 g/mol. The quantitative estimate of drug-likeness (QED) is 0.630. The predicted octanol–water partition coefficient (Wildman–Crippen LogP) is 0.880. The summed E-state index contributed by atoms with van der Waals surface area (Å²) in [6, 6.07) is 7.37. The van der Waals surface area contributed by atoms with Gasteiger partial charge in [0, 0.05) is 45.8 Å². The third-order valence-electron chi connectivity index (χ3n) is 6.25. The molecule has 2 heterocycles. The van der Waals surface area contributed by atoms with Gasteiger partial charge in [-0.15, -0.1) is 0 Å². The van der Waals surface area contributed by atoms with Crippen LogP contribution in [0.3, 0.4) is 0 Å². The van der Waals surface area contributed by atoms with Crippen LogP contribution in [0.4, 0.5) is 0 Å². The first kappa shape index (κ1) is 23.6. The molecule has 1 aliphatic heterocycles. The van der Waals surface area contributed by atoms with Gasteiger partial charge in [0.1, 0.15) is 5.69 Å². The van der Waals surface area contributed by atoms with Crippen LogP contribution in [-0.2, 0) is 20.5 Å². The van der Waals surface area contributed by atoms with Crippen LogP contribution in [0.5, 0.6) is 11.5 Å². The highest BCUT2D eigenvalue weighted by molar-refractivity contribution is 5.92. The van der Waals surface area contributed by atoms with E-state index < -0.39 is 11.2 Å². The number of aromatic nitrogens is 2. The zero-order valence-electron chi connectivity index (χ0n) is 19.5. The number of likely N-dealkylation sites (tertiary alicyclic amines) is 1. The van der Waals surface area contributed by atoms with E-state index in [1.165, 1.54) is 24.7 Å². The molecule has 0 aliphatic carbocycles. The second kappa shape index (κ2) is 10.0. The van der Waals surface area contributed by atoms with Crippen molar-refractivity contribution in [3.05, 3.63) is 56.4 Å². The summed E-state index contributed by atoms with van der Waals surface area (Å²) in [5.41, 5.74) is 0.304. The summed E-state index contributed by atoms with van der Waals surface area (Å²) in [4.78, 5) is 41.3. The van der Waals surface area contributed by atoms with E-state index in [2.05, 4.69) is 11.9 Å². The van der Waals surface area contributed by atoms with Crippen molar-refractivity contribution in [1.29, 1.82) is 0 Å². The van der Waals surface area contributed by atoms with Crippen molar-refractivity contribution in [3.63, 3.8) is 0 Å². The van der Waals surface area contributed by atoms with Gasteiger partial charge in [0.15, 0.2) is 11.5 Å². The molecule has 1 atom stereocenters. The van der Waals surface area contributed by atoms with Crippen LogP contribution in [-0.4, -0.2) is 71.8 Å². The van der Waals surface area contributed by atoms with Crippen molar-refractivity contribution >= 4 is 5.91 Å². The van der Waals surface area contributed by atoms with Gasteiger partial charge in [0.2, 0.25) is 0 Å². The molecular formula is C23H32N4O5. The number of amides is 1. The number of piperidine rings is 1. The number of nitrogens with zero attached hydrogens (tertiary/aromatic N) is 4. The Bertz CT molecular complexity index is 1090. The Morgan fingerprint density at radius 2 is 1.81 bits per heavy atom. The van der Waals surface area contributed by atoms with Crippen LogP contribution in [0.25, 0.3) is 0 Å². The second-order valence-corrected chi connectivity index (χ2v) is 8.24. The molecule has 0 unspecified atom stereocenters. The first-order valence-corrected chi connectivity index (χ1v) is 10.7. The number of hydrogen-bond donors (Lipinski definition) is 0. The molecule has 0 bridgehead atoms. The Kier molecular flexibility index (Phi) is 7.40. The molecule has 32 heavy (non-hydrogen) atoms. The summed E-state index contributed by atoms with van der Waals surface area (Å²) >= 11 is 0. The van der Waals surface area contributed by atoms with Gasteiger partial charge in [-0.2, -0.15) is 0 Å². The Labute approximate surface area is 187 Å². The molecule has 0 N–H and O–H groups in total. The standard InChI is InChI=1S/C23H32N4O5/c1-24(12-10-16-8-9-19(31-4)20(13-16)32-5)17-7-6-11-27(15-17)22(29)18-14-21(28)26(3)23(30)25(18)2/h8-9,13-14,17H,6-7,10-12,15H2,1-5H3/t17-/m0/s1. The van der Waals surface area contributed by atoms with Crippen molar-refractivity contribution in [1.82, 2.24) is 18.9 Å². The summed E-state index contributed by atoms with van der Waals surface area (Å²) in [7, 11) is 8.23. The molecule has 2 aromatic rings. The van der Waals surface area contributed by atoms with Crippen LogP contribution >= 0.6 is 0 Å². The van der Waals surface area contributed by atoms with Crippen molar-refractivity contribution in [2.24, 2.45) is 14.1 Å². The van der Waals surface area contributed by atoms with Crippen LogP contribution in [0.15, 0.2) is 33.9 Å². The lowest BCUT2D eigenvalue weighted by Gasteiger charge is -2.38. The highest BCUT2D eigenvalue weighted by Crippen LogP contribution is 2.28.